The lowest BCUT2D eigenvalue weighted by atomic mass is 10.3. The Morgan fingerprint density at radius 3 is 2.89 bits per heavy atom. The molecule has 1 saturated heterocycles. The van der Waals surface area contributed by atoms with Crippen LogP contribution in [0.1, 0.15) is 16.9 Å². The van der Waals surface area contributed by atoms with E-state index in [1.807, 2.05) is 0 Å². The first-order chi connectivity index (χ1) is 9.18. The Balaban J connectivity index is 1.78. The minimum Gasteiger partial charge on any atom is -0.476 e. The summed E-state index contributed by atoms with van der Waals surface area (Å²) in [5.74, 6) is -1.01. The van der Waals surface area contributed by atoms with Gasteiger partial charge in [-0.3, -0.25) is 4.79 Å². The van der Waals surface area contributed by atoms with Crippen LogP contribution in [0, 0.1) is 0 Å². The van der Waals surface area contributed by atoms with Crippen molar-refractivity contribution in [2.45, 2.75) is 6.42 Å². The van der Waals surface area contributed by atoms with Gasteiger partial charge in [0.2, 0.25) is 5.91 Å². The Hall–Kier alpha value is -1.67. The molecule has 7 nitrogen and oxygen atoms in total. The molecule has 0 aliphatic carbocycles. The highest BCUT2D eigenvalue weighted by Gasteiger charge is 2.17. The van der Waals surface area contributed by atoms with Crippen LogP contribution in [0.4, 0.5) is 5.00 Å². The molecule has 1 aliphatic rings. The Kier molecular flexibility index (Phi) is 4.69. The topological polar surface area (TPSA) is 91.8 Å². The van der Waals surface area contributed by atoms with Gasteiger partial charge in [-0.05, 0) is 0 Å². The number of carboxylic acids is 1. The number of hydrogen-bond donors (Lipinski definition) is 2. The first-order valence-corrected chi connectivity index (χ1v) is 6.82. The normalized spacial score (nSPS) is 15.3. The molecule has 0 bridgehead atoms. The second-order valence-electron chi connectivity index (χ2n) is 4.01. The SMILES string of the molecule is O=C(O)c1ncsc1NCCC(=O)N1CCOCC1. The summed E-state index contributed by atoms with van der Waals surface area (Å²) in [5, 5.41) is 12.3. The molecule has 2 N–H and O–H groups in total. The second kappa shape index (κ2) is 6.48. The third-order valence-corrected chi connectivity index (χ3v) is 3.54. The number of carbonyl (C=O) groups excluding carboxylic acids is 1. The average Bonchev–Trinajstić information content (AvgIpc) is 2.88. The van der Waals surface area contributed by atoms with Crippen molar-refractivity contribution < 1.29 is 19.4 Å². The summed E-state index contributed by atoms with van der Waals surface area (Å²) in [7, 11) is 0. The van der Waals surface area contributed by atoms with Crippen LogP contribution in [0.2, 0.25) is 0 Å². The largest absolute Gasteiger partial charge is 0.476 e. The molecule has 8 heteroatoms. The molecule has 1 aliphatic heterocycles. The maximum Gasteiger partial charge on any atom is 0.357 e. The first kappa shape index (κ1) is 13.8. The van der Waals surface area contributed by atoms with Crippen molar-refractivity contribution in [3.05, 3.63) is 11.2 Å². The zero-order chi connectivity index (χ0) is 13.7. The molecule has 0 unspecified atom stereocenters. The van der Waals surface area contributed by atoms with E-state index in [0.717, 1.165) is 0 Å². The number of aromatic carboxylic acids is 1. The van der Waals surface area contributed by atoms with E-state index in [1.165, 1.54) is 16.8 Å². The number of carboxylic acid groups (broad SMARTS) is 1. The van der Waals surface area contributed by atoms with Crippen molar-refractivity contribution in [2.75, 3.05) is 38.2 Å². The molecule has 104 valence electrons. The number of carbonyl (C=O) groups is 2. The number of rotatable bonds is 5. The van der Waals surface area contributed by atoms with Crippen molar-refractivity contribution in [1.29, 1.82) is 0 Å². The summed E-state index contributed by atoms with van der Waals surface area (Å²) in [4.78, 5) is 28.2. The predicted molar refractivity (Wildman–Crippen MR) is 69.6 cm³/mol. The highest BCUT2D eigenvalue weighted by molar-refractivity contribution is 7.14. The van der Waals surface area contributed by atoms with Gasteiger partial charge in [-0.15, -0.1) is 11.3 Å². The zero-order valence-corrected chi connectivity index (χ0v) is 11.1. The lowest BCUT2D eigenvalue weighted by Gasteiger charge is -2.26. The van der Waals surface area contributed by atoms with E-state index >= 15 is 0 Å². The standard InChI is InChI=1S/C11H15N3O4S/c15-8(14-3-5-18-6-4-14)1-2-12-10-9(11(16)17)13-7-19-10/h7,12H,1-6H2,(H,16,17). The Morgan fingerprint density at radius 2 is 2.21 bits per heavy atom. The summed E-state index contributed by atoms with van der Waals surface area (Å²) >= 11 is 1.22. The number of morpholine rings is 1. The maximum absolute atomic E-state index is 11.8. The summed E-state index contributed by atoms with van der Waals surface area (Å²) in [6.45, 7) is 2.81. The quantitative estimate of drug-likeness (QED) is 0.818. The molecule has 2 heterocycles. The number of nitrogens with one attached hydrogen (secondary N) is 1. The van der Waals surface area contributed by atoms with Gasteiger partial charge < -0.3 is 20.1 Å². The first-order valence-electron chi connectivity index (χ1n) is 5.94. The van der Waals surface area contributed by atoms with Crippen molar-refractivity contribution >= 4 is 28.2 Å². The third kappa shape index (κ3) is 3.65. The van der Waals surface area contributed by atoms with Gasteiger partial charge in [-0.2, -0.15) is 0 Å². The number of amides is 1. The average molecular weight is 285 g/mol. The van der Waals surface area contributed by atoms with Crippen molar-refractivity contribution in [2.24, 2.45) is 0 Å². The number of thiazole rings is 1. The molecule has 1 aromatic heterocycles. The van der Waals surface area contributed by atoms with Gasteiger partial charge in [-0.25, -0.2) is 9.78 Å². The van der Waals surface area contributed by atoms with Crippen LogP contribution < -0.4 is 5.32 Å². The molecular formula is C11H15N3O4S. The fourth-order valence-corrected chi connectivity index (χ4v) is 2.48. The van der Waals surface area contributed by atoms with E-state index in [9.17, 15) is 9.59 Å². The minimum absolute atomic E-state index is 0.00354. The highest BCUT2D eigenvalue weighted by atomic mass is 32.1. The van der Waals surface area contributed by atoms with E-state index < -0.39 is 5.97 Å². The Bertz CT molecular complexity index is 457. The molecular weight excluding hydrogens is 270 g/mol. The molecule has 1 aromatic rings. The van der Waals surface area contributed by atoms with Crippen LogP contribution in [-0.2, 0) is 9.53 Å². The van der Waals surface area contributed by atoms with Crippen LogP contribution >= 0.6 is 11.3 Å². The molecule has 0 spiro atoms. The van der Waals surface area contributed by atoms with Crippen molar-refractivity contribution in [1.82, 2.24) is 9.88 Å². The van der Waals surface area contributed by atoms with Crippen LogP contribution in [0.25, 0.3) is 0 Å². The summed E-state index contributed by atoms with van der Waals surface area (Å²) in [5.41, 5.74) is 1.47. The smallest absolute Gasteiger partial charge is 0.357 e. The lowest BCUT2D eigenvalue weighted by Crippen LogP contribution is -2.41. The Morgan fingerprint density at radius 1 is 1.47 bits per heavy atom. The number of anilines is 1. The van der Waals surface area contributed by atoms with Crippen molar-refractivity contribution in [3.63, 3.8) is 0 Å². The lowest BCUT2D eigenvalue weighted by molar-refractivity contribution is -0.134. The van der Waals surface area contributed by atoms with Gasteiger partial charge in [0, 0.05) is 26.1 Å². The fourth-order valence-electron chi connectivity index (χ4n) is 1.78. The van der Waals surface area contributed by atoms with Crippen LogP contribution in [0.5, 0.6) is 0 Å². The second-order valence-corrected chi connectivity index (χ2v) is 4.86. The molecule has 1 amide bonds. The van der Waals surface area contributed by atoms with E-state index in [0.29, 0.717) is 44.3 Å². The van der Waals surface area contributed by atoms with E-state index in [1.54, 1.807) is 4.90 Å². The number of ether oxygens (including phenoxy) is 1. The summed E-state index contributed by atoms with van der Waals surface area (Å²) < 4.78 is 5.17. The Labute approximate surface area is 114 Å². The van der Waals surface area contributed by atoms with Gasteiger partial charge in [0.25, 0.3) is 0 Å². The van der Waals surface area contributed by atoms with Crippen LogP contribution in [0.15, 0.2) is 5.51 Å². The zero-order valence-electron chi connectivity index (χ0n) is 10.3. The van der Waals surface area contributed by atoms with Gasteiger partial charge >= 0.3 is 5.97 Å². The van der Waals surface area contributed by atoms with Crippen LogP contribution in [-0.4, -0.2) is 59.7 Å². The van der Waals surface area contributed by atoms with Crippen LogP contribution in [0.3, 0.4) is 0 Å². The van der Waals surface area contributed by atoms with Gasteiger partial charge in [0.05, 0.1) is 18.7 Å². The fraction of sp³-hybridized carbons (Fsp3) is 0.545. The number of aromatic nitrogens is 1. The van der Waals surface area contributed by atoms with Gasteiger partial charge in [0.15, 0.2) is 5.69 Å². The molecule has 0 aromatic carbocycles. The molecule has 0 radical (unpaired) electrons. The molecule has 1 fully saturated rings. The van der Waals surface area contributed by atoms with Gasteiger partial charge in [0.1, 0.15) is 5.00 Å². The maximum atomic E-state index is 11.8. The molecule has 2 rings (SSSR count). The molecule has 19 heavy (non-hydrogen) atoms. The monoisotopic (exact) mass is 285 g/mol. The molecule has 0 atom stereocenters. The van der Waals surface area contributed by atoms with Gasteiger partial charge in [-0.1, -0.05) is 0 Å². The third-order valence-electron chi connectivity index (χ3n) is 2.76. The number of hydrogen-bond acceptors (Lipinski definition) is 6. The summed E-state index contributed by atoms with van der Waals surface area (Å²) in [6, 6.07) is 0. The summed E-state index contributed by atoms with van der Waals surface area (Å²) in [6.07, 6.45) is 0.330. The molecule has 0 saturated carbocycles. The van der Waals surface area contributed by atoms with E-state index in [2.05, 4.69) is 10.3 Å². The predicted octanol–water partition coefficient (Wildman–Crippen LogP) is 0.502. The number of nitrogens with zero attached hydrogens (tertiary/aromatic N) is 2. The van der Waals surface area contributed by atoms with Crippen molar-refractivity contribution in [3.8, 4) is 0 Å². The minimum atomic E-state index is -1.07. The highest BCUT2D eigenvalue weighted by Crippen LogP contribution is 2.19. The van der Waals surface area contributed by atoms with E-state index in [-0.39, 0.29) is 11.6 Å². The van der Waals surface area contributed by atoms with E-state index in [4.69, 9.17) is 9.84 Å².